The Hall–Kier alpha value is -1.41. The number of benzene rings is 1. The van der Waals surface area contributed by atoms with Crippen LogP contribution in [0.25, 0.3) is 0 Å². The van der Waals surface area contributed by atoms with Crippen LogP contribution in [-0.2, 0) is 14.3 Å². The van der Waals surface area contributed by atoms with E-state index in [1.54, 1.807) is 0 Å². The molecule has 1 aromatic carbocycles. The van der Waals surface area contributed by atoms with Gasteiger partial charge in [0.15, 0.2) is 0 Å². The van der Waals surface area contributed by atoms with Gasteiger partial charge in [0.25, 0.3) is 16.5 Å². The molecule has 0 heterocycles. The highest BCUT2D eigenvalue weighted by atomic mass is 32.2. The van der Waals surface area contributed by atoms with E-state index in [1.807, 2.05) is 0 Å². The Kier molecular flexibility index (Phi) is 4.02. The third-order valence-corrected chi connectivity index (χ3v) is 2.84. The lowest BCUT2D eigenvalue weighted by Gasteiger charge is -2.04. The number of halogens is 2. The third kappa shape index (κ3) is 3.31. The van der Waals surface area contributed by atoms with Crippen LogP contribution in [0.1, 0.15) is 0 Å². The first-order chi connectivity index (χ1) is 7.45. The summed E-state index contributed by atoms with van der Waals surface area (Å²) in [5.41, 5.74) is -0.123. The van der Waals surface area contributed by atoms with Crippen molar-refractivity contribution >= 4 is 15.8 Å². The highest BCUT2D eigenvalue weighted by Gasteiger charge is 2.18. The summed E-state index contributed by atoms with van der Waals surface area (Å²) in [7, 11) is -4.27. The number of alkyl halides is 2. The maximum atomic E-state index is 11.8. The average molecular weight is 251 g/mol. The van der Waals surface area contributed by atoms with Crippen molar-refractivity contribution in [3.63, 3.8) is 0 Å². The molecule has 0 N–H and O–H groups in total. The molecule has 0 amide bonds. The molecule has 0 bridgehead atoms. The lowest BCUT2D eigenvalue weighted by molar-refractivity contribution is 0.0848. The first-order valence-corrected chi connectivity index (χ1v) is 5.47. The van der Waals surface area contributed by atoms with Crippen LogP contribution in [0.2, 0.25) is 0 Å². The van der Waals surface area contributed by atoms with Crippen LogP contribution in [0, 0.1) is 4.91 Å². The van der Waals surface area contributed by atoms with Gasteiger partial charge in [-0.25, -0.2) is 8.78 Å². The number of nitrogens with zero attached hydrogens (tertiary/aromatic N) is 1. The maximum Gasteiger partial charge on any atom is 0.297 e. The Morgan fingerprint density at radius 2 is 2.06 bits per heavy atom. The fraction of sp³-hybridized carbons (Fsp3) is 0.250. The number of hydrogen-bond acceptors (Lipinski definition) is 5. The number of nitroso groups, excluding NO2 is 1. The Morgan fingerprint density at radius 1 is 1.38 bits per heavy atom. The monoisotopic (exact) mass is 251 g/mol. The van der Waals surface area contributed by atoms with Gasteiger partial charge in [-0.15, -0.1) is 4.91 Å². The summed E-state index contributed by atoms with van der Waals surface area (Å²) in [4.78, 5) is 9.76. The van der Waals surface area contributed by atoms with Gasteiger partial charge in [-0.2, -0.15) is 8.42 Å². The summed E-state index contributed by atoms with van der Waals surface area (Å²) in [6.45, 7) is -1.22. The third-order valence-electron chi connectivity index (χ3n) is 1.56. The molecule has 0 aliphatic carbocycles. The fourth-order valence-electron chi connectivity index (χ4n) is 0.905. The molecule has 0 aromatic heterocycles. The largest absolute Gasteiger partial charge is 0.297 e. The molecule has 0 aliphatic rings. The van der Waals surface area contributed by atoms with E-state index in [0.29, 0.717) is 0 Å². The second-order valence-corrected chi connectivity index (χ2v) is 4.33. The lowest BCUT2D eigenvalue weighted by atomic mass is 10.3. The van der Waals surface area contributed by atoms with Gasteiger partial charge in [-0.1, -0.05) is 6.07 Å². The van der Waals surface area contributed by atoms with Crippen molar-refractivity contribution in [1.82, 2.24) is 0 Å². The van der Waals surface area contributed by atoms with Crippen molar-refractivity contribution < 1.29 is 21.4 Å². The molecule has 0 radical (unpaired) electrons. The highest BCUT2D eigenvalue weighted by Crippen LogP contribution is 2.19. The average Bonchev–Trinajstić information content (AvgIpc) is 2.27. The van der Waals surface area contributed by atoms with Gasteiger partial charge in [0.1, 0.15) is 12.3 Å². The van der Waals surface area contributed by atoms with Gasteiger partial charge in [-0.3, -0.25) is 4.18 Å². The molecule has 88 valence electrons. The van der Waals surface area contributed by atoms with E-state index >= 15 is 0 Å². The predicted octanol–water partition coefficient (Wildman–Crippen LogP) is 2.05. The first-order valence-electron chi connectivity index (χ1n) is 4.07. The summed E-state index contributed by atoms with van der Waals surface area (Å²) >= 11 is 0. The summed E-state index contributed by atoms with van der Waals surface area (Å²) in [5, 5.41) is 2.52. The van der Waals surface area contributed by atoms with Gasteiger partial charge in [0.05, 0.1) is 4.90 Å². The fourth-order valence-corrected chi connectivity index (χ4v) is 1.83. The van der Waals surface area contributed by atoms with Crippen LogP contribution >= 0.6 is 0 Å². The number of rotatable bonds is 5. The zero-order chi connectivity index (χ0) is 12.2. The van der Waals surface area contributed by atoms with Crippen LogP contribution in [0.15, 0.2) is 34.3 Å². The van der Waals surface area contributed by atoms with Crippen LogP contribution in [-0.4, -0.2) is 21.5 Å². The minimum absolute atomic E-state index is 0.123. The van der Waals surface area contributed by atoms with Crippen LogP contribution in [0.3, 0.4) is 0 Å². The predicted molar refractivity (Wildman–Crippen MR) is 51.0 cm³/mol. The molecule has 8 heteroatoms. The summed E-state index contributed by atoms with van der Waals surface area (Å²) in [5.74, 6) is 0. The van der Waals surface area contributed by atoms with E-state index in [9.17, 15) is 22.1 Å². The van der Waals surface area contributed by atoms with Gasteiger partial charge in [0.2, 0.25) is 0 Å². The Balaban J connectivity index is 2.93. The van der Waals surface area contributed by atoms with Gasteiger partial charge in [-0.05, 0) is 23.4 Å². The van der Waals surface area contributed by atoms with Crippen LogP contribution in [0.4, 0.5) is 14.5 Å². The van der Waals surface area contributed by atoms with E-state index in [2.05, 4.69) is 9.36 Å². The summed E-state index contributed by atoms with van der Waals surface area (Å²) in [6.07, 6.45) is -2.89. The van der Waals surface area contributed by atoms with E-state index in [4.69, 9.17) is 0 Å². The van der Waals surface area contributed by atoms with Crippen LogP contribution in [0.5, 0.6) is 0 Å². The van der Waals surface area contributed by atoms with E-state index < -0.39 is 23.2 Å². The minimum atomic E-state index is -4.27. The minimum Gasteiger partial charge on any atom is -0.260 e. The maximum absolute atomic E-state index is 11.8. The topological polar surface area (TPSA) is 72.8 Å². The highest BCUT2D eigenvalue weighted by molar-refractivity contribution is 7.86. The van der Waals surface area contributed by atoms with Crippen molar-refractivity contribution in [2.24, 2.45) is 5.18 Å². The SMILES string of the molecule is O=Nc1cccc(S(=O)(=O)OCC(F)F)c1. The molecule has 0 aliphatic heterocycles. The quantitative estimate of drug-likeness (QED) is 0.593. The van der Waals surface area contributed by atoms with Gasteiger partial charge >= 0.3 is 0 Å². The molecule has 0 unspecified atom stereocenters. The lowest BCUT2D eigenvalue weighted by Crippen LogP contribution is -2.12. The zero-order valence-electron chi connectivity index (χ0n) is 7.84. The molecule has 1 rings (SSSR count). The van der Waals surface area contributed by atoms with Crippen molar-refractivity contribution in [3.8, 4) is 0 Å². The van der Waals surface area contributed by atoms with E-state index in [1.165, 1.54) is 12.1 Å². The molecule has 0 saturated carbocycles. The van der Waals surface area contributed by atoms with Gasteiger partial charge in [0, 0.05) is 0 Å². The molecule has 5 nitrogen and oxygen atoms in total. The Bertz CT molecular complexity index is 475. The Labute approximate surface area is 90.1 Å². The van der Waals surface area contributed by atoms with Crippen molar-refractivity contribution in [1.29, 1.82) is 0 Å². The second-order valence-electron chi connectivity index (χ2n) is 2.72. The zero-order valence-corrected chi connectivity index (χ0v) is 8.65. The molecule has 0 saturated heterocycles. The standard InChI is InChI=1S/C8H7F2NO4S/c9-8(10)5-15-16(13,14)7-3-1-2-6(4-7)11-12/h1-4,8H,5H2. The molecule has 0 spiro atoms. The van der Waals surface area contributed by atoms with Crippen molar-refractivity contribution in [2.75, 3.05) is 6.61 Å². The van der Waals surface area contributed by atoms with E-state index in [-0.39, 0.29) is 10.6 Å². The molecule has 0 fully saturated rings. The molecular formula is C8H7F2NO4S. The Morgan fingerprint density at radius 3 is 2.62 bits per heavy atom. The summed E-state index contributed by atoms with van der Waals surface area (Å²) < 4.78 is 50.2. The number of hydrogen-bond donors (Lipinski definition) is 0. The van der Waals surface area contributed by atoms with Gasteiger partial charge < -0.3 is 0 Å². The second kappa shape index (κ2) is 5.08. The first kappa shape index (κ1) is 12.7. The van der Waals surface area contributed by atoms with Crippen molar-refractivity contribution in [3.05, 3.63) is 29.2 Å². The molecular weight excluding hydrogens is 244 g/mol. The molecule has 0 atom stereocenters. The smallest absolute Gasteiger partial charge is 0.260 e. The summed E-state index contributed by atoms with van der Waals surface area (Å²) in [6, 6.07) is 4.60. The van der Waals surface area contributed by atoms with E-state index in [0.717, 1.165) is 12.1 Å². The normalized spacial score (nSPS) is 11.7. The van der Waals surface area contributed by atoms with Crippen LogP contribution < -0.4 is 0 Å². The molecule has 1 aromatic rings. The van der Waals surface area contributed by atoms with Crippen molar-refractivity contribution in [2.45, 2.75) is 11.3 Å². The molecule has 16 heavy (non-hydrogen) atoms.